The summed E-state index contributed by atoms with van der Waals surface area (Å²) in [6.07, 6.45) is 0.0449. The fourth-order valence-corrected chi connectivity index (χ4v) is 2.05. The maximum absolute atomic E-state index is 12.1. The Balaban J connectivity index is 2.96. The standard InChI is InChI=1S/C12H13F3OS/c1-3-5-11(17-2)9-6-4-7-10(8-9)16-12(13,14)15/h4-8H,3H2,1-2H3/b11-5-. The molecule has 5 heteroatoms. The Hall–Kier alpha value is -1.10. The van der Waals surface area contributed by atoms with Crippen molar-refractivity contribution in [2.45, 2.75) is 19.7 Å². The van der Waals surface area contributed by atoms with E-state index in [0.717, 1.165) is 16.9 Å². The summed E-state index contributed by atoms with van der Waals surface area (Å²) in [6, 6.07) is 6.00. The van der Waals surface area contributed by atoms with E-state index in [1.165, 1.54) is 23.9 Å². The highest BCUT2D eigenvalue weighted by Gasteiger charge is 2.31. The Morgan fingerprint density at radius 2 is 2.12 bits per heavy atom. The topological polar surface area (TPSA) is 9.23 Å². The lowest BCUT2D eigenvalue weighted by Gasteiger charge is -2.10. The lowest BCUT2D eigenvalue weighted by Crippen LogP contribution is -2.17. The van der Waals surface area contributed by atoms with Crippen molar-refractivity contribution in [2.24, 2.45) is 0 Å². The van der Waals surface area contributed by atoms with Gasteiger partial charge in [-0.05, 0) is 30.4 Å². The van der Waals surface area contributed by atoms with Gasteiger partial charge in [-0.25, -0.2) is 0 Å². The average molecular weight is 262 g/mol. The monoisotopic (exact) mass is 262 g/mol. The minimum atomic E-state index is -4.65. The number of hydrogen-bond donors (Lipinski definition) is 0. The van der Waals surface area contributed by atoms with Gasteiger partial charge in [-0.2, -0.15) is 0 Å². The first-order chi connectivity index (χ1) is 7.96. The van der Waals surface area contributed by atoms with Crippen LogP contribution in [0.25, 0.3) is 4.91 Å². The molecular weight excluding hydrogens is 249 g/mol. The molecule has 0 bridgehead atoms. The van der Waals surface area contributed by atoms with Crippen LogP contribution in [0.2, 0.25) is 0 Å². The first-order valence-corrected chi connectivity index (χ1v) is 6.29. The van der Waals surface area contributed by atoms with Gasteiger partial charge in [0.2, 0.25) is 0 Å². The van der Waals surface area contributed by atoms with E-state index in [1.807, 2.05) is 19.3 Å². The van der Waals surface area contributed by atoms with Crippen LogP contribution in [-0.4, -0.2) is 12.6 Å². The van der Waals surface area contributed by atoms with Crippen LogP contribution < -0.4 is 4.74 Å². The maximum Gasteiger partial charge on any atom is 0.573 e. The molecule has 1 aromatic rings. The molecular formula is C12H13F3OS. The zero-order valence-electron chi connectivity index (χ0n) is 9.54. The van der Waals surface area contributed by atoms with E-state index in [4.69, 9.17) is 0 Å². The number of hydrogen-bond acceptors (Lipinski definition) is 2. The molecule has 94 valence electrons. The van der Waals surface area contributed by atoms with Crippen molar-refractivity contribution < 1.29 is 17.9 Å². The zero-order valence-corrected chi connectivity index (χ0v) is 10.4. The Morgan fingerprint density at radius 1 is 1.41 bits per heavy atom. The number of alkyl halides is 3. The van der Waals surface area contributed by atoms with Crippen LogP contribution in [0.5, 0.6) is 5.75 Å². The van der Waals surface area contributed by atoms with Crippen molar-refractivity contribution in [1.29, 1.82) is 0 Å². The second-order valence-corrected chi connectivity index (χ2v) is 4.10. The van der Waals surface area contributed by atoms with Gasteiger partial charge >= 0.3 is 6.36 Å². The molecule has 0 aromatic heterocycles. The molecule has 1 rings (SSSR count). The number of allylic oxidation sites excluding steroid dienone is 1. The van der Waals surface area contributed by atoms with E-state index >= 15 is 0 Å². The molecule has 0 saturated carbocycles. The van der Waals surface area contributed by atoms with Gasteiger partial charge in [0, 0.05) is 4.91 Å². The van der Waals surface area contributed by atoms with Crippen molar-refractivity contribution in [1.82, 2.24) is 0 Å². The maximum atomic E-state index is 12.1. The predicted octanol–water partition coefficient (Wildman–Crippen LogP) is 4.70. The van der Waals surface area contributed by atoms with E-state index in [-0.39, 0.29) is 5.75 Å². The molecule has 0 amide bonds. The van der Waals surface area contributed by atoms with Gasteiger partial charge in [-0.1, -0.05) is 25.1 Å². The van der Waals surface area contributed by atoms with Crippen molar-refractivity contribution in [3.63, 3.8) is 0 Å². The molecule has 0 atom stereocenters. The number of thioether (sulfide) groups is 1. The van der Waals surface area contributed by atoms with E-state index in [9.17, 15) is 13.2 Å². The molecule has 0 heterocycles. The van der Waals surface area contributed by atoms with E-state index < -0.39 is 6.36 Å². The van der Waals surface area contributed by atoms with E-state index in [0.29, 0.717) is 0 Å². The van der Waals surface area contributed by atoms with Gasteiger partial charge in [0.15, 0.2) is 0 Å². The Morgan fingerprint density at radius 3 is 2.65 bits per heavy atom. The molecule has 17 heavy (non-hydrogen) atoms. The van der Waals surface area contributed by atoms with Crippen molar-refractivity contribution in [3.8, 4) is 5.75 Å². The normalized spacial score (nSPS) is 12.6. The Kier molecular flexibility index (Phi) is 4.93. The molecule has 1 aromatic carbocycles. The lowest BCUT2D eigenvalue weighted by atomic mass is 10.2. The van der Waals surface area contributed by atoms with E-state index in [1.54, 1.807) is 12.1 Å². The van der Waals surface area contributed by atoms with Crippen LogP contribution in [0, 0.1) is 0 Å². The summed E-state index contributed by atoms with van der Waals surface area (Å²) in [6.45, 7) is 1.98. The van der Waals surface area contributed by atoms with Crippen molar-refractivity contribution in [2.75, 3.05) is 6.26 Å². The SMILES string of the molecule is CC/C=C(\SC)c1cccc(OC(F)(F)F)c1. The summed E-state index contributed by atoms with van der Waals surface area (Å²) in [5.41, 5.74) is 0.737. The summed E-state index contributed by atoms with van der Waals surface area (Å²) in [4.78, 5) is 0.945. The minimum absolute atomic E-state index is 0.189. The quantitative estimate of drug-likeness (QED) is 0.777. The summed E-state index contributed by atoms with van der Waals surface area (Å²) in [7, 11) is 0. The fourth-order valence-electron chi connectivity index (χ4n) is 1.35. The second kappa shape index (κ2) is 6.00. The molecule has 0 saturated heterocycles. The molecule has 0 fully saturated rings. The summed E-state index contributed by atoms with van der Waals surface area (Å²) >= 11 is 1.50. The Labute approximate surface area is 103 Å². The molecule has 0 unspecified atom stereocenters. The summed E-state index contributed by atoms with van der Waals surface area (Å²) in [5.74, 6) is -0.189. The number of rotatable bonds is 4. The zero-order chi connectivity index (χ0) is 12.9. The van der Waals surface area contributed by atoms with Gasteiger partial charge in [0.05, 0.1) is 0 Å². The van der Waals surface area contributed by atoms with Crippen LogP contribution in [-0.2, 0) is 0 Å². The number of ether oxygens (including phenoxy) is 1. The van der Waals surface area contributed by atoms with Gasteiger partial charge < -0.3 is 4.74 Å². The third kappa shape index (κ3) is 4.73. The Bertz CT molecular complexity index is 399. The van der Waals surface area contributed by atoms with E-state index in [2.05, 4.69) is 4.74 Å². The van der Waals surface area contributed by atoms with Gasteiger partial charge in [-0.15, -0.1) is 24.9 Å². The number of halogens is 3. The summed E-state index contributed by atoms with van der Waals surface area (Å²) < 4.78 is 40.1. The average Bonchev–Trinajstić information content (AvgIpc) is 2.24. The van der Waals surface area contributed by atoms with Crippen LogP contribution in [0.15, 0.2) is 30.3 Å². The highest BCUT2D eigenvalue weighted by atomic mass is 32.2. The lowest BCUT2D eigenvalue weighted by molar-refractivity contribution is -0.274. The molecule has 0 radical (unpaired) electrons. The third-order valence-electron chi connectivity index (χ3n) is 1.96. The van der Waals surface area contributed by atoms with Gasteiger partial charge in [0.1, 0.15) is 5.75 Å². The molecule has 0 N–H and O–H groups in total. The molecule has 0 spiro atoms. The van der Waals surface area contributed by atoms with Crippen molar-refractivity contribution >= 4 is 16.7 Å². The van der Waals surface area contributed by atoms with Crippen molar-refractivity contribution in [3.05, 3.63) is 35.9 Å². The van der Waals surface area contributed by atoms with Crippen LogP contribution in [0.3, 0.4) is 0 Å². The highest BCUT2D eigenvalue weighted by Crippen LogP contribution is 2.30. The minimum Gasteiger partial charge on any atom is -0.406 e. The first-order valence-electron chi connectivity index (χ1n) is 5.06. The molecule has 0 aliphatic carbocycles. The van der Waals surface area contributed by atoms with Gasteiger partial charge in [-0.3, -0.25) is 0 Å². The van der Waals surface area contributed by atoms with Gasteiger partial charge in [0.25, 0.3) is 0 Å². The highest BCUT2D eigenvalue weighted by molar-refractivity contribution is 8.07. The fraction of sp³-hybridized carbons (Fsp3) is 0.333. The number of benzene rings is 1. The molecule has 0 aliphatic heterocycles. The largest absolute Gasteiger partial charge is 0.573 e. The van der Waals surface area contributed by atoms with Crippen LogP contribution in [0.4, 0.5) is 13.2 Å². The van der Waals surface area contributed by atoms with Crippen LogP contribution in [0.1, 0.15) is 18.9 Å². The predicted molar refractivity (Wildman–Crippen MR) is 64.9 cm³/mol. The summed E-state index contributed by atoms with van der Waals surface area (Å²) in [5, 5.41) is 0. The van der Waals surface area contributed by atoms with Crippen LogP contribution >= 0.6 is 11.8 Å². The molecule has 1 nitrogen and oxygen atoms in total. The molecule has 0 aliphatic rings. The smallest absolute Gasteiger partial charge is 0.406 e. The first kappa shape index (κ1) is 14.0. The third-order valence-corrected chi connectivity index (χ3v) is 2.80. The second-order valence-electron chi connectivity index (χ2n) is 3.26.